The lowest BCUT2D eigenvalue weighted by Crippen LogP contribution is -2.10. The van der Waals surface area contributed by atoms with Gasteiger partial charge in [0.05, 0.1) is 15.5 Å². The first-order chi connectivity index (χ1) is 7.80. The van der Waals surface area contributed by atoms with Crippen LogP contribution in [0.15, 0.2) is 24.3 Å². The molecule has 0 atom stereocenters. The fraction of sp³-hybridized carbons (Fsp3) is 0.300. The monoisotopic (exact) mass is 291 g/mol. The highest BCUT2D eigenvalue weighted by atomic mass is 32.2. The zero-order valence-corrected chi connectivity index (χ0v) is 11.8. The third-order valence-corrected chi connectivity index (χ3v) is 4.33. The summed E-state index contributed by atoms with van der Waals surface area (Å²) in [5.74, 6) is 0. The van der Waals surface area contributed by atoms with Gasteiger partial charge in [0.15, 0.2) is 3.95 Å². The summed E-state index contributed by atoms with van der Waals surface area (Å²) >= 11 is 6.59. The Morgan fingerprint density at radius 1 is 1.35 bits per heavy atom. The minimum absolute atomic E-state index is 0.674. The molecule has 1 heterocycles. The van der Waals surface area contributed by atoms with E-state index in [2.05, 4.69) is 11.1 Å². The van der Waals surface area contributed by atoms with Gasteiger partial charge >= 0.3 is 0 Å². The van der Waals surface area contributed by atoms with Crippen LogP contribution in [-0.2, 0) is 10.1 Å². The van der Waals surface area contributed by atoms with Crippen LogP contribution in [0.1, 0.15) is 13.8 Å². The summed E-state index contributed by atoms with van der Waals surface area (Å²) in [5.41, 5.74) is 1.14. The second kappa shape index (κ2) is 5.72. The Morgan fingerprint density at radius 2 is 1.88 bits per heavy atom. The van der Waals surface area contributed by atoms with Crippen LogP contribution in [0.4, 0.5) is 0 Å². The summed E-state index contributed by atoms with van der Waals surface area (Å²) in [7, 11) is -3.74. The van der Waals surface area contributed by atoms with Crippen molar-refractivity contribution in [2.75, 3.05) is 0 Å². The number of thiazole rings is 1. The van der Waals surface area contributed by atoms with E-state index < -0.39 is 15.4 Å². The van der Waals surface area contributed by atoms with E-state index in [4.69, 9.17) is 16.8 Å². The van der Waals surface area contributed by atoms with Crippen molar-refractivity contribution in [1.29, 1.82) is 0 Å². The van der Waals surface area contributed by atoms with Crippen LogP contribution < -0.4 is 0 Å². The van der Waals surface area contributed by atoms with Gasteiger partial charge in [-0.05, 0) is 38.2 Å². The molecule has 0 aliphatic rings. The molecule has 2 aromatic rings. The zero-order valence-electron chi connectivity index (χ0n) is 9.38. The molecule has 2 rings (SSSR count). The molecular formula is C10H13NO3S3. The van der Waals surface area contributed by atoms with E-state index in [-0.39, 0.29) is 0 Å². The Kier molecular flexibility index (Phi) is 4.81. The molecule has 2 N–H and O–H groups in total. The van der Waals surface area contributed by atoms with Crippen LogP contribution >= 0.6 is 23.6 Å². The molecule has 0 saturated carbocycles. The van der Waals surface area contributed by atoms with E-state index in [9.17, 15) is 8.42 Å². The third-order valence-electron chi connectivity index (χ3n) is 1.92. The van der Waals surface area contributed by atoms with Crippen molar-refractivity contribution < 1.29 is 13.0 Å². The molecule has 17 heavy (non-hydrogen) atoms. The van der Waals surface area contributed by atoms with E-state index in [1.807, 2.05) is 18.2 Å². The normalized spacial score (nSPS) is 11.3. The second-order valence-corrected chi connectivity index (χ2v) is 7.27. The highest BCUT2D eigenvalue weighted by molar-refractivity contribution is 7.86. The van der Waals surface area contributed by atoms with Gasteiger partial charge in [0.25, 0.3) is 10.1 Å². The molecule has 0 bridgehead atoms. The fourth-order valence-corrected chi connectivity index (χ4v) is 2.01. The molecule has 4 nitrogen and oxygen atoms in total. The van der Waals surface area contributed by atoms with E-state index >= 15 is 0 Å². The molecular weight excluding hydrogens is 278 g/mol. The summed E-state index contributed by atoms with van der Waals surface area (Å²) < 4.78 is 29.9. The van der Waals surface area contributed by atoms with Crippen LogP contribution in [0.25, 0.3) is 10.2 Å². The number of aromatic amines is 1. The first kappa shape index (κ1) is 14.3. The lowest BCUT2D eigenvalue weighted by molar-refractivity contribution is 0.473. The summed E-state index contributed by atoms with van der Waals surface area (Å²) in [6.45, 7) is 2.82. The van der Waals surface area contributed by atoms with Crippen molar-refractivity contribution in [3.63, 3.8) is 0 Å². The van der Waals surface area contributed by atoms with Gasteiger partial charge < -0.3 is 4.98 Å². The highest BCUT2D eigenvalue weighted by Gasteiger charge is 2.08. The Morgan fingerprint density at radius 3 is 2.35 bits per heavy atom. The maximum absolute atomic E-state index is 9.89. The molecule has 0 aliphatic carbocycles. The maximum Gasteiger partial charge on any atom is 0.267 e. The van der Waals surface area contributed by atoms with Gasteiger partial charge in [0.1, 0.15) is 0 Å². The Bertz CT molecular complexity index is 604. The average molecular weight is 291 g/mol. The Labute approximate surface area is 109 Å². The molecule has 7 heteroatoms. The number of aromatic nitrogens is 1. The zero-order chi connectivity index (χ0) is 13.1. The van der Waals surface area contributed by atoms with Gasteiger partial charge in [-0.2, -0.15) is 8.42 Å². The topological polar surface area (TPSA) is 70.2 Å². The van der Waals surface area contributed by atoms with Crippen LogP contribution in [0.5, 0.6) is 0 Å². The average Bonchev–Trinajstić information content (AvgIpc) is 2.57. The predicted octanol–water partition coefficient (Wildman–Crippen LogP) is 3.24. The number of hydrogen-bond acceptors (Lipinski definition) is 4. The van der Waals surface area contributed by atoms with Crippen molar-refractivity contribution in [1.82, 2.24) is 4.98 Å². The lowest BCUT2D eigenvalue weighted by Gasteiger charge is -1.94. The van der Waals surface area contributed by atoms with Crippen molar-refractivity contribution in [2.45, 2.75) is 19.1 Å². The number of nitrogens with one attached hydrogen (secondary N) is 1. The molecule has 1 aromatic carbocycles. The molecule has 1 aromatic heterocycles. The molecule has 0 spiro atoms. The maximum atomic E-state index is 9.89. The van der Waals surface area contributed by atoms with E-state index in [0.29, 0.717) is 0 Å². The first-order valence-electron chi connectivity index (χ1n) is 4.85. The smallest absolute Gasteiger partial charge is 0.267 e. The summed E-state index contributed by atoms with van der Waals surface area (Å²) in [5, 5.41) is -0.674. The third kappa shape index (κ3) is 4.55. The molecule has 0 amide bonds. The Balaban J connectivity index is 0.000000185. The number of H-pyrrole nitrogens is 1. The number of benzene rings is 1. The van der Waals surface area contributed by atoms with Gasteiger partial charge in [-0.25, -0.2) is 0 Å². The van der Waals surface area contributed by atoms with Gasteiger partial charge in [0.2, 0.25) is 0 Å². The van der Waals surface area contributed by atoms with E-state index in [1.165, 1.54) is 18.5 Å². The van der Waals surface area contributed by atoms with Gasteiger partial charge in [-0.3, -0.25) is 4.55 Å². The fourth-order valence-electron chi connectivity index (χ4n) is 0.894. The lowest BCUT2D eigenvalue weighted by atomic mass is 10.3. The predicted molar refractivity (Wildman–Crippen MR) is 73.7 cm³/mol. The molecule has 0 aliphatic heterocycles. The van der Waals surface area contributed by atoms with Crippen molar-refractivity contribution >= 4 is 43.9 Å². The van der Waals surface area contributed by atoms with Crippen LogP contribution in [0, 0.1) is 3.95 Å². The second-order valence-electron chi connectivity index (χ2n) is 3.57. The van der Waals surface area contributed by atoms with E-state index in [1.54, 1.807) is 11.3 Å². The number of hydrogen-bond donors (Lipinski definition) is 2. The number of para-hydroxylation sites is 1. The molecule has 0 saturated heterocycles. The molecule has 0 radical (unpaired) electrons. The molecule has 0 fully saturated rings. The number of fused-ring (bicyclic) bond motifs is 1. The van der Waals surface area contributed by atoms with Crippen molar-refractivity contribution in [2.24, 2.45) is 0 Å². The largest absolute Gasteiger partial charge is 0.337 e. The minimum atomic E-state index is -3.74. The van der Waals surface area contributed by atoms with E-state index in [0.717, 1.165) is 9.47 Å². The van der Waals surface area contributed by atoms with Crippen molar-refractivity contribution in [3.8, 4) is 0 Å². The van der Waals surface area contributed by atoms with Gasteiger partial charge in [0, 0.05) is 0 Å². The first-order valence-corrected chi connectivity index (χ1v) is 7.57. The highest BCUT2D eigenvalue weighted by Crippen LogP contribution is 2.17. The Hall–Kier alpha value is -0.760. The summed E-state index contributed by atoms with van der Waals surface area (Å²) in [6, 6.07) is 8.11. The minimum Gasteiger partial charge on any atom is -0.337 e. The summed E-state index contributed by atoms with van der Waals surface area (Å²) in [6.07, 6.45) is 0. The van der Waals surface area contributed by atoms with Crippen molar-refractivity contribution in [3.05, 3.63) is 28.2 Å². The van der Waals surface area contributed by atoms with Gasteiger partial charge in [-0.1, -0.05) is 12.1 Å². The van der Waals surface area contributed by atoms with Crippen LogP contribution in [-0.4, -0.2) is 23.2 Å². The van der Waals surface area contributed by atoms with Gasteiger partial charge in [-0.15, -0.1) is 11.3 Å². The number of rotatable bonds is 1. The molecule has 94 valence electrons. The van der Waals surface area contributed by atoms with Crippen LogP contribution in [0.2, 0.25) is 0 Å². The standard InChI is InChI=1S/C7H5NS2.C3H8O3S/c9-7-8-5-3-1-2-4-6(5)10-7;1-3(2)7(4,5)6/h1-4H,(H,8,9);3H,1-2H3,(H,4,5,6). The van der Waals surface area contributed by atoms with Crippen LogP contribution in [0.3, 0.4) is 0 Å². The summed E-state index contributed by atoms with van der Waals surface area (Å²) in [4.78, 5) is 3.09. The molecule has 0 unspecified atom stereocenters. The quantitative estimate of drug-likeness (QED) is 0.625. The SMILES string of the molecule is CC(C)S(=O)(=O)O.S=c1[nH]c2ccccc2s1.